The van der Waals surface area contributed by atoms with E-state index < -0.39 is 26.4 Å². The third-order valence-electron chi connectivity index (χ3n) is 4.35. The molecule has 5 nitrogen and oxygen atoms in total. The Kier molecular flexibility index (Phi) is 5.98. The summed E-state index contributed by atoms with van der Waals surface area (Å²) in [6.07, 6.45) is 0. The van der Waals surface area contributed by atoms with Gasteiger partial charge in [0.1, 0.15) is 11.5 Å². The minimum absolute atomic E-state index is 0.0475. The van der Waals surface area contributed by atoms with Gasteiger partial charge in [0.05, 0.1) is 10.0 Å². The first-order valence-electron chi connectivity index (χ1n) is 7.89. The van der Waals surface area contributed by atoms with E-state index in [1.807, 2.05) is 0 Å². The van der Waals surface area contributed by atoms with Gasteiger partial charge in [-0.1, -0.05) is 64.6 Å². The lowest BCUT2D eigenvalue weighted by Crippen LogP contribution is -2.38. The van der Waals surface area contributed by atoms with Crippen molar-refractivity contribution in [3.63, 3.8) is 0 Å². The van der Waals surface area contributed by atoms with Gasteiger partial charge in [0.2, 0.25) is 0 Å². The molecule has 0 saturated carbocycles. The number of halogens is 4. The Morgan fingerprint density at radius 1 is 0.793 bits per heavy atom. The number of phenols is 2. The van der Waals surface area contributed by atoms with Crippen molar-refractivity contribution in [3.8, 4) is 11.5 Å². The lowest BCUT2D eigenvalue weighted by molar-refractivity contribution is 0.439. The van der Waals surface area contributed by atoms with E-state index in [9.17, 15) is 23.2 Å². The topological polar surface area (TPSA) is 94.8 Å². The number of rotatable bonds is 4. The van der Waals surface area contributed by atoms with Crippen molar-refractivity contribution in [1.82, 2.24) is 0 Å². The second-order valence-electron chi connectivity index (χ2n) is 6.12. The van der Waals surface area contributed by atoms with E-state index in [0.717, 1.165) is 18.2 Å². The Labute approximate surface area is 186 Å². The molecule has 0 radical (unpaired) electrons. The Bertz CT molecular complexity index is 1210. The normalized spacial score (nSPS) is 13.8. The molecule has 0 amide bonds. The van der Waals surface area contributed by atoms with Crippen molar-refractivity contribution in [2.24, 2.45) is 0 Å². The number of hydrogen-bond donors (Lipinski definition) is 3. The van der Waals surface area contributed by atoms with E-state index in [1.54, 1.807) is 0 Å². The highest BCUT2D eigenvalue weighted by Gasteiger charge is 2.51. The van der Waals surface area contributed by atoms with Gasteiger partial charge in [-0.2, -0.15) is 8.42 Å². The summed E-state index contributed by atoms with van der Waals surface area (Å²) in [6, 6.07) is 11.4. The second kappa shape index (κ2) is 7.87. The van der Waals surface area contributed by atoms with Gasteiger partial charge in [0.25, 0.3) is 10.1 Å². The molecule has 0 fully saturated rings. The summed E-state index contributed by atoms with van der Waals surface area (Å²) in [5.74, 6) is -0.941. The summed E-state index contributed by atoms with van der Waals surface area (Å²) in [5, 5.41) is 20.5. The van der Waals surface area contributed by atoms with Crippen LogP contribution in [0, 0.1) is 0 Å². The SMILES string of the molecule is O=S(=O)(O)C(c1cccc(Cl)c1)(c1ccc(Cl)cc1O)c1cc(O)cc(Cl)c1Cl. The molecule has 0 aliphatic carbocycles. The van der Waals surface area contributed by atoms with Crippen LogP contribution < -0.4 is 0 Å². The fraction of sp³-hybridized carbons (Fsp3) is 0.0526. The Morgan fingerprint density at radius 3 is 2.03 bits per heavy atom. The fourth-order valence-corrected chi connectivity index (χ4v) is 5.42. The molecule has 3 aromatic carbocycles. The van der Waals surface area contributed by atoms with Crippen LogP contribution >= 0.6 is 46.4 Å². The Hall–Kier alpha value is -1.67. The van der Waals surface area contributed by atoms with Crippen LogP contribution in [0.4, 0.5) is 0 Å². The molecule has 0 spiro atoms. The molecular weight excluding hydrogens is 482 g/mol. The van der Waals surface area contributed by atoms with Gasteiger partial charge >= 0.3 is 0 Å². The Balaban J connectivity index is 2.63. The molecule has 1 atom stereocenters. The smallest absolute Gasteiger partial charge is 0.283 e. The van der Waals surface area contributed by atoms with Crippen LogP contribution in [0.3, 0.4) is 0 Å². The minimum atomic E-state index is -5.11. The molecular formula is C19H12Cl4O5S. The molecule has 0 heterocycles. The van der Waals surface area contributed by atoms with Crippen LogP contribution in [-0.2, 0) is 14.9 Å². The highest BCUT2D eigenvalue weighted by molar-refractivity contribution is 7.87. The van der Waals surface area contributed by atoms with Crippen LogP contribution in [-0.4, -0.2) is 23.2 Å². The predicted molar refractivity (Wildman–Crippen MR) is 114 cm³/mol. The van der Waals surface area contributed by atoms with E-state index >= 15 is 0 Å². The molecule has 152 valence electrons. The zero-order valence-corrected chi connectivity index (χ0v) is 18.1. The maximum Gasteiger partial charge on any atom is 0.283 e. The van der Waals surface area contributed by atoms with Gasteiger partial charge < -0.3 is 10.2 Å². The van der Waals surface area contributed by atoms with E-state index in [1.165, 1.54) is 36.4 Å². The van der Waals surface area contributed by atoms with Crippen LogP contribution in [0.2, 0.25) is 20.1 Å². The van der Waals surface area contributed by atoms with Crippen molar-refractivity contribution in [1.29, 1.82) is 0 Å². The van der Waals surface area contributed by atoms with E-state index in [-0.39, 0.29) is 36.8 Å². The lowest BCUT2D eigenvalue weighted by Gasteiger charge is -2.34. The van der Waals surface area contributed by atoms with Crippen LogP contribution in [0.1, 0.15) is 16.7 Å². The molecule has 3 N–H and O–H groups in total. The zero-order chi connectivity index (χ0) is 21.6. The zero-order valence-electron chi connectivity index (χ0n) is 14.3. The average molecular weight is 494 g/mol. The predicted octanol–water partition coefficient (Wildman–Crippen LogP) is 5.89. The molecule has 10 heteroatoms. The highest BCUT2D eigenvalue weighted by Crippen LogP contribution is 2.51. The molecule has 0 aromatic heterocycles. The van der Waals surface area contributed by atoms with E-state index in [0.29, 0.717) is 0 Å². The first-order chi connectivity index (χ1) is 13.5. The molecule has 29 heavy (non-hydrogen) atoms. The Morgan fingerprint density at radius 2 is 1.45 bits per heavy atom. The molecule has 0 aliphatic rings. The minimum Gasteiger partial charge on any atom is -0.508 e. The standard InChI is InChI=1S/C19H12Cl4O5S/c20-11-3-1-2-10(6-11)19(29(26,27)28,14-5-4-12(21)7-17(14)25)15-8-13(24)9-16(22)18(15)23/h1-9,24-25H,(H,26,27,28). The van der Waals surface area contributed by atoms with Crippen LogP contribution in [0.5, 0.6) is 11.5 Å². The number of aromatic hydroxyl groups is 2. The van der Waals surface area contributed by atoms with Crippen LogP contribution in [0.25, 0.3) is 0 Å². The highest BCUT2D eigenvalue weighted by atomic mass is 35.5. The first kappa shape index (κ1) is 22.0. The van der Waals surface area contributed by atoms with Gasteiger partial charge in [-0.05, 0) is 35.9 Å². The van der Waals surface area contributed by atoms with Crippen molar-refractivity contribution in [2.75, 3.05) is 0 Å². The second-order valence-corrected chi connectivity index (χ2v) is 9.34. The first-order valence-corrected chi connectivity index (χ1v) is 10.8. The summed E-state index contributed by atoms with van der Waals surface area (Å²) >= 11 is 24.4. The van der Waals surface area contributed by atoms with Crippen molar-refractivity contribution in [2.45, 2.75) is 4.75 Å². The van der Waals surface area contributed by atoms with Crippen molar-refractivity contribution >= 4 is 56.5 Å². The maximum atomic E-state index is 13.0. The third-order valence-corrected chi connectivity index (χ3v) is 7.07. The summed E-state index contributed by atoms with van der Waals surface area (Å²) in [6.45, 7) is 0. The van der Waals surface area contributed by atoms with Crippen molar-refractivity contribution in [3.05, 3.63) is 91.4 Å². The lowest BCUT2D eigenvalue weighted by atomic mass is 9.83. The van der Waals surface area contributed by atoms with Gasteiger partial charge in [0.15, 0.2) is 4.75 Å². The van der Waals surface area contributed by atoms with Gasteiger partial charge in [-0.3, -0.25) is 4.55 Å². The molecule has 1 unspecified atom stereocenters. The number of benzene rings is 3. The van der Waals surface area contributed by atoms with Gasteiger partial charge in [-0.15, -0.1) is 0 Å². The molecule has 0 saturated heterocycles. The molecule has 3 rings (SSSR count). The molecule has 0 bridgehead atoms. The third kappa shape index (κ3) is 3.77. The number of phenolic OH excluding ortho intramolecular Hbond substituents is 2. The summed E-state index contributed by atoms with van der Waals surface area (Å²) in [5.41, 5.74) is -0.601. The van der Waals surface area contributed by atoms with E-state index in [2.05, 4.69) is 0 Å². The van der Waals surface area contributed by atoms with Crippen LogP contribution in [0.15, 0.2) is 54.6 Å². The average Bonchev–Trinajstić information content (AvgIpc) is 2.60. The maximum absolute atomic E-state index is 13.0. The summed E-state index contributed by atoms with van der Waals surface area (Å²) in [7, 11) is -5.11. The monoisotopic (exact) mass is 492 g/mol. The largest absolute Gasteiger partial charge is 0.508 e. The quantitative estimate of drug-likeness (QED) is 0.311. The molecule has 0 aliphatic heterocycles. The van der Waals surface area contributed by atoms with E-state index in [4.69, 9.17) is 46.4 Å². The molecule has 3 aromatic rings. The number of hydrogen-bond acceptors (Lipinski definition) is 4. The fourth-order valence-electron chi connectivity index (χ4n) is 3.22. The summed E-state index contributed by atoms with van der Waals surface area (Å²) in [4.78, 5) is 0. The van der Waals surface area contributed by atoms with Gasteiger partial charge in [0, 0.05) is 27.2 Å². The van der Waals surface area contributed by atoms with Gasteiger partial charge in [-0.25, -0.2) is 0 Å². The van der Waals surface area contributed by atoms with Crippen molar-refractivity contribution < 1.29 is 23.2 Å². The summed E-state index contributed by atoms with van der Waals surface area (Å²) < 4.78 is 33.9.